The van der Waals surface area contributed by atoms with Crippen molar-refractivity contribution in [1.29, 1.82) is 0 Å². The highest BCUT2D eigenvalue weighted by Crippen LogP contribution is 2.27. The van der Waals surface area contributed by atoms with Crippen molar-refractivity contribution >= 4 is 11.5 Å². The molecular weight excluding hydrogens is 357 g/mol. The highest BCUT2D eigenvalue weighted by atomic mass is 19.1. The zero-order valence-corrected chi connectivity index (χ0v) is 15.8. The lowest BCUT2D eigenvalue weighted by Gasteiger charge is -2.20. The molecule has 1 atom stereocenters. The van der Waals surface area contributed by atoms with E-state index >= 15 is 0 Å². The van der Waals surface area contributed by atoms with Crippen molar-refractivity contribution < 1.29 is 18.7 Å². The van der Waals surface area contributed by atoms with Gasteiger partial charge in [-0.05, 0) is 66.2 Å². The molecule has 144 valence electrons. The lowest BCUT2D eigenvalue weighted by atomic mass is 9.97. The maximum Gasteiger partial charge on any atom is 0.165 e. The summed E-state index contributed by atoms with van der Waals surface area (Å²) in [5, 5.41) is 3.33. The van der Waals surface area contributed by atoms with Crippen LogP contribution < -0.4 is 14.8 Å². The van der Waals surface area contributed by atoms with Crippen molar-refractivity contribution in [2.45, 2.75) is 12.5 Å². The molecule has 0 radical (unpaired) electrons. The van der Waals surface area contributed by atoms with Crippen LogP contribution in [0, 0.1) is 5.82 Å². The van der Waals surface area contributed by atoms with E-state index in [0.29, 0.717) is 11.3 Å². The first-order valence-corrected chi connectivity index (χ1v) is 8.92. The molecule has 0 aromatic heterocycles. The van der Waals surface area contributed by atoms with Gasteiger partial charge in [0.2, 0.25) is 0 Å². The first kappa shape index (κ1) is 19.4. The Labute approximate surface area is 163 Å². The number of anilines is 1. The fraction of sp³-hybridized carbons (Fsp3) is 0.174. The fourth-order valence-electron chi connectivity index (χ4n) is 2.92. The SMILES string of the molecule is COc1ccc(C(=O)CC(Nc2ccc(F)cc2)c2ccc(OC)cc2)cc1. The summed E-state index contributed by atoms with van der Waals surface area (Å²) in [6, 6.07) is 20.4. The summed E-state index contributed by atoms with van der Waals surface area (Å²) in [6.07, 6.45) is 0.246. The summed E-state index contributed by atoms with van der Waals surface area (Å²) in [4.78, 5) is 12.8. The van der Waals surface area contributed by atoms with E-state index in [9.17, 15) is 9.18 Å². The highest BCUT2D eigenvalue weighted by molar-refractivity contribution is 5.96. The second-order valence-electron chi connectivity index (χ2n) is 6.33. The number of ketones is 1. The number of ether oxygens (including phenoxy) is 2. The van der Waals surface area contributed by atoms with E-state index in [1.165, 1.54) is 12.1 Å². The average Bonchev–Trinajstić information content (AvgIpc) is 2.75. The van der Waals surface area contributed by atoms with Crippen molar-refractivity contribution in [2.24, 2.45) is 0 Å². The van der Waals surface area contributed by atoms with Crippen molar-refractivity contribution in [3.63, 3.8) is 0 Å². The molecule has 5 heteroatoms. The average molecular weight is 379 g/mol. The molecule has 0 fully saturated rings. The molecule has 0 saturated carbocycles. The van der Waals surface area contributed by atoms with Crippen LogP contribution in [-0.2, 0) is 0 Å². The summed E-state index contributed by atoms with van der Waals surface area (Å²) in [5.74, 6) is 1.14. The summed E-state index contributed by atoms with van der Waals surface area (Å²) in [5.41, 5.74) is 2.29. The molecule has 0 bridgehead atoms. The normalized spacial score (nSPS) is 11.5. The van der Waals surface area contributed by atoms with Gasteiger partial charge in [-0.3, -0.25) is 4.79 Å². The van der Waals surface area contributed by atoms with E-state index in [0.717, 1.165) is 17.0 Å². The predicted octanol–water partition coefficient (Wildman–Crippen LogP) is 5.27. The molecule has 0 heterocycles. The molecule has 4 nitrogen and oxygen atoms in total. The fourth-order valence-corrected chi connectivity index (χ4v) is 2.92. The Kier molecular flexibility index (Phi) is 6.27. The summed E-state index contributed by atoms with van der Waals surface area (Å²) >= 11 is 0. The van der Waals surface area contributed by atoms with Gasteiger partial charge in [0.25, 0.3) is 0 Å². The van der Waals surface area contributed by atoms with Crippen LogP contribution >= 0.6 is 0 Å². The standard InChI is InChI=1S/C23H22FNO3/c1-27-20-11-3-16(4-12-20)22(25-19-9-7-18(24)8-10-19)15-23(26)17-5-13-21(28-2)14-6-17/h3-14,22,25H,15H2,1-2H3. The van der Waals surface area contributed by atoms with Gasteiger partial charge in [-0.2, -0.15) is 0 Å². The second kappa shape index (κ2) is 9.04. The third-order valence-electron chi connectivity index (χ3n) is 4.50. The Balaban J connectivity index is 1.83. The zero-order chi connectivity index (χ0) is 19.9. The van der Waals surface area contributed by atoms with Crippen molar-refractivity contribution in [3.05, 3.63) is 89.7 Å². The largest absolute Gasteiger partial charge is 0.497 e. The van der Waals surface area contributed by atoms with Crippen LogP contribution in [0.2, 0.25) is 0 Å². The van der Waals surface area contributed by atoms with Crippen LogP contribution in [-0.4, -0.2) is 20.0 Å². The molecule has 0 amide bonds. The second-order valence-corrected chi connectivity index (χ2v) is 6.33. The van der Waals surface area contributed by atoms with E-state index in [1.54, 1.807) is 50.6 Å². The minimum absolute atomic E-state index is 0.00178. The van der Waals surface area contributed by atoms with E-state index < -0.39 is 0 Å². The van der Waals surface area contributed by atoms with Crippen LogP contribution in [0.4, 0.5) is 10.1 Å². The van der Waals surface area contributed by atoms with Gasteiger partial charge in [0.1, 0.15) is 17.3 Å². The van der Waals surface area contributed by atoms with Crippen LogP contribution in [0.15, 0.2) is 72.8 Å². The molecule has 1 N–H and O–H groups in total. The molecule has 0 aliphatic rings. The number of benzene rings is 3. The van der Waals surface area contributed by atoms with Crippen LogP contribution in [0.1, 0.15) is 28.4 Å². The monoisotopic (exact) mass is 379 g/mol. The zero-order valence-electron chi connectivity index (χ0n) is 15.8. The summed E-state index contributed by atoms with van der Waals surface area (Å²) < 4.78 is 23.6. The van der Waals surface area contributed by atoms with E-state index in [4.69, 9.17) is 9.47 Å². The van der Waals surface area contributed by atoms with E-state index in [2.05, 4.69) is 5.32 Å². The Hall–Kier alpha value is -3.34. The number of nitrogens with one attached hydrogen (secondary N) is 1. The predicted molar refractivity (Wildman–Crippen MR) is 108 cm³/mol. The van der Waals surface area contributed by atoms with Crippen molar-refractivity contribution in [2.75, 3.05) is 19.5 Å². The molecule has 0 aliphatic carbocycles. The van der Waals surface area contributed by atoms with Gasteiger partial charge in [0, 0.05) is 17.7 Å². The Morgan fingerprint density at radius 2 is 1.39 bits per heavy atom. The number of Topliss-reactive ketones (excluding diaryl/α,β-unsaturated/α-hetero) is 1. The molecule has 3 aromatic carbocycles. The third-order valence-corrected chi connectivity index (χ3v) is 4.50. The van der Waals surface area contributed by atoms with E-state index in [-0.39, 0.29) is 24.1 Å². The minimum atomic E-state index is -0.305. The molecule has 3 rings (SSSR count). The summed E-state index contributed by atoms with van der Waals surface area (Å²) in [6.45, 7) is 0. The topological polar surface area (TPSA) is 47.6 Å². The first-order chi connectivity index (χ1) is 13.6. The van der Waals surface area contributed by atoms with Gasteiger partial charge in [0.15, 0.2) is 5.78 Å². The maximum atomic E-state index is 13.2. The van der Waals surface area contributed by atoms with Gasteiger partial charge in [0.05, 0.1) is 20.3 Å². The molecule has 28 heavy (non-hydrogen) atoms. The molecular formula is C23H22FNO3. The Morgan fingerprint density at radius 1 is 0.857 bits per heavy atom. The van der Waals surface area contributed by atoms with Crippen LogP contribution in [0.25, 0.3) is 0 Å². The first-order valence-electron chi connectivity index (χ1n) is 8.92. The van der Waals surface area contributed by atoms with Crippen molar-refractivity contribution in [1.82, 2.24) is 0 Å². The number of methoxy groups -OCH3 is 2. The highest BCUT2D eigenvalue weighted by Gasteiger charge is 2.18. The summed E-state index contributed by atoms with van der Waals surface area (Å²) in [7, 11) is 3.19. The van der Waals surface area contributed by atoms with Crippen molar-refractivity contribution in [3.8, 4) is 11.5 Å². The number of rotatable bonds is 8. The number of hydrogen-bond donors (Lipinski definition) is 1. The Morgan fingerprint density at radius 3 is 1.93 bits per heavy atom. The van der Waals surface area contributed by atoms with Gasteiger partial charge >= 0.3 is 0 Å². The van der Waals surface area contributed by atoms with Gasteiger partial charge in [-0.25, -0.2) is 4.39 Å². The lowest BCUT2D eigenvalue weighted by Crippen LogP contribution is -2.16. The van der Waals surface area contributed by atoms with E-state index in [1.807, 2.05) is 24.3 Å². The number of carbonyl (C=O) groups excluding carboxylic acids is 1. The quantitative estimate of drug-likeness (QED) is 0.542. The number of hydrogen-bond acceptors (Lipinski definition) is 4. The molecule has 1 unspecified atom stereocenters. The molecule has 0 saturated heterocycles. The Bertz CT molecular complexity index is 906. The molecule has 0 spiro atoms. The third kappa shape index (κ3) is 4.88. The number of halogens is 1. The van der Waals surface area contributed by atoms with Crippen LogP contribution in [0.5, 0.6) is 11.5 Å². The van der Waals surface area contributed by atoms with Gasteiger partial charge in [-0.15, -0.1) is 0 Å². The van der Waals surface area contributed by atoms with Gasteiger partial charge in [-0.1, -0.05) is 12.1 Å². The maximum absolute atomic E-state index is 13.2. The van der Waals surface area contributed by atoms with Gasteiger partial charge < -0.3 is 14.8 Å². The number of carbonyl (C=O) groups is 1. The van der Waals surface area contributed by atoms with Crippen LogP contribution in [0.3, 0.4) is 0 Å². The molecule has 0 aliphatic heterocycles. The molecule has 3 aromatic rings. The lowest BCUT2D eigenvalue weighted by molar-refractivity contribution is 0.0976. The minimum Gasteiger partial charge on any atom is -0.497 e. The smallest absolute Gasteiger partial charge is 0.165 e.